The van der Waals surface area contributed by atoms with E-state index in [1.165, 1.54) is 6.92 Å². The molecule has 7 heteroatoms. The second kappa shape index (κ2) is 6.88. The Morgan fingerprint density at radius 1 is 1.37 bits per heavy atom. The summed E-state index contributed by atoms with van der Waals surface area (Å²) in [4.78, 5) is 24.4. The summed E-state index contributed by atoms with van der Waals surface area (Å²) >= 11 is 0. The highest BCUT2D eigenvalue weighted by Crippen LogP contribution is 2.17. The van der Waals surface area contributed by atoms with E-state index in [0.717, 1.165) is 6.42 Å². The summed E-state index contributed by atoms with van der Waals surface area (Å²) in [5, 5.41) is 2.73. The van der Waals surface area contributed by atoms with Gasteiger partial charge >= 0.3 is 0 Å². The molecule has 6 nitrogen and oxygen atoms in total. The molecule has 110 valence electrons. The lowest BCUT2D eigenvalue weighted by Gasteiger charge is -2.27. The van der Waals surface area contributed by atoms with E-state index in [1.54, 1.807) is 4.90 Å². The van der Waals surface area contributed by atoms with Gasteiger partial charge in [-0.2, -0.15) is 0 Å². The number of sulfone groups is 1. The van der Waals surface area contributed by atoms with E-state index in [2.05, 4.69) is 5.32 Å². The van der Waals surface area contributed by atoms with Crippen LogP contribution in [-0.2, 0) is 19.4 Å². The van der Waals surface area contributed by atoms with Gasteiger partial charge in [-0.3, -0.25) is 9.59 Å². The van der Waals surface area contributed by atoms with E-state index < -0.39 is 9.84 Å². The molecule has 0 aromatic carbocycles. The van der Waals surface area contributed by atoms with E-state index >= 15 is 0 Å². The van der Waals surface area contributed by atoms with Crippen LogP contribution in [0.3, 0.4) is 0 Å². The number of nitrogens with zero attached hydrogens (tertiary/aromatic N) is 1. The third kappa shape index (κ3) is 5.18. The van der Waals surface area contributed by atoms with Crippen molar-refractivity contribution >= 4 is 21.7 Å². The Bertz CT molecular complexity index is 433. The van der Waals surface area contributed by atoms with Crippen LogP contribution in [0, 0.1) is 0 Å². The Kier molecular flexibility index (Phi) is 5.78. The molecule has 0 aromatic rings. The zero-order valence-corrected chi connectivity index (χ0v) is 12.3. The Morgan fingerprint density at radius 3 is 2.53 bits per heavy atom. The van der Waals surface area contributed by atoms with Crippen LogP contribution >= 0.6 is 0 Å². The minimum atomic E-state index is -3.01. The van der Waals surface area contributed by atoms with E-state index in [0.29, 0.717) is 25.9 Å². The van der Waals surface area contributed by atoms with Crippen molar-refractivity contribution in [1.29, 1.82) is 0 Å². The summed E-state index contributed by atoms with van der Waals surface area (Å²) in [6, 6.07) is -0.245. The average molecular weight is 290 g/mol. The predicted octanol–water partition coefficient (Wildman–Crippen LogP) is -0.0617. The van der Waals surface area contributed by atoms with Gasteiger partial charge in [-0.1, -0.05) is 6.92 Å². The lowest BCUT2D eigenvalue weighted by Crippen LogP contribution is -2.44. The summed E-state index contributed by atoms with van der Waals surface area (Å²) < 4.78 is 22.9. The Balaban J connectivity index is 2.46. The highest BCUT2D eigenvalue weighted by molar-refractivity contribution is 7.91. The molecular formula is C12H22N2O4S. The molecular weight excluding hydrogens is 268 g/mol. The fourth-order valence-electron chi connectivity index (χ4n) is 2.25. The molecule has 1 unspecified atom stereocenters. The van der Waals surface area contributed by atoms with E-state index in [9.17, 15) is 18.0 Å². The van der Waals surface area contributed by atoms with E-state index in [1.807, 2.05) is 6.92 Å². The summed E-state index contributed by atoms with van der Waals surface area (Å²) in [6.45, 7) is 4.09. The molecule has 1 saturated heterocycles. The normalized spacial score (nSPS) is 21.1. The molecule has 19 heavy (non-hydrogen) atoms. The zero-order valence-electron chi connectivity index (χ0n) is 11.5. The first kappa shape index (κ1) is 15.9. The standard InChI is InChI=1S/C12H22N2O4S/c1-3-4-12(16)13-6-7-14(10(2)15)11-5-8-19(17,18)9-11/h11H,3-9H2,1-2H3,(H,13,16). The predicted molar refractivity (Wildman–Crippen MR) is 72.4 cm³/mol. The van der Waals surface area contributed by atoms with Crippen LogP contribution < -0.4 is 5.32 Å². The number of carbonyl (C=O) groups excluding carboxylic acids is 2. The monoisotopic (exact) mass is 290 g/mol. The van der Waals surface area contributed by atoms with Crippen molar-refractivity contribution in [1.82, 2.24) is 10.2 Å². The molecule has 0 radical (unpaired) electrons. The fourth-order valence-corrected chi connectivity index (χ4v) is 3.98. The van der Waals surface area contributed by atoms with Crippen LogP contribution in [-0.4, -0.2) is 55.8 Å². The van der Waals surface area contributed by atoms with Crippen molar-refractivity contribution in [3.63, 3.8) is 0 Å². The molecule has 1 fully saturated rings. The van der Waals surface area contributed by atoms with Gasteiger partial charge in [0.05, 0.1) is 11.5 Å². The zero-order chi connectivity index (χ0) is 14.5. The number of nitrogens with one attached hydrogen (secondary N) is 1. The number of hydrogen-bond acceptors (Lipinski definition) is 4. The Labute approximate surface area is 114 Å². The van der Waals surface area contributed by atoms with Gasteiger partial charge in [-0.25, -0.2) is 8.42 Å². The van der Waals surface area contributed by atoms with Gasteiger partial charge in [0.2, 0.25) is 11.8 Å². The topological polar surface area (TPSA) is 83.6 Å². The van der Waals surface area contributed by atoms with Gasteiger partial charge in [-0.15, -0.1) is 0 Å². The van der Waals surface area contributed by atoms with Gasteiger partial charge in [0.25, 0.3) is 0 Å². The van der Waals surface area contributed by atoms with Gasteiger partial charge in [0.1, 0.15) is 0 Å². The Morgan fingerprint density at radius 2 is 2.05 bits per heavy atom. The first-order chi connectivity index (χ1) is 8.85. The van der Waals surface area contributed by atoms with Crippen molar-refractivity contribution in [3.8, 4) is 0 Å². The minimum absolute atomic E-state index is 0.0370. The molecule has 1 atom stereocenters. The molecule has 2 amide bonds. The van der Waals surface area contributed by atoms with E-state index in [-0.39, 0.29) is 29.4 Å². The van der Waals surface area contributed by atoms with Crippen LogP contribution in [0.25, 0.3) is 0 Å². The van der Waals surface area contributed by atoms with Crippen LogP contribution in [0.2, 0.25) is 0 Å². The molecule has 1 aliphatic heterocycles. The van der Waals surface area contributed by atoms with Crippen molar-refractivity contribution < 1.29 is 18.0 Å². The highest BCUT2D eigenvalue weighted by Gasteiger charge is 2.33. The summed E-state index contributed by atoms with van der Waals surface area (Å²) in [5.41, 5.74) is 0. The van der Waals surface area contributed by atoms with Crippen molar-refractivity contribution in [3.05, 3.63) is 0 Å². The van der Waals surface area contributed by atoms with E-state index in [4.69, 9.17) is 0 Å². The van der Waals surface area contributed by atoms with Gasteiger partial charge in [0.15, 0.2) is 9.84 Å². The molecule has 1 aliphatic rings. The van der Waals surface area contributed by atoms with Crippen LogP contribution in [0.4, 0.5) is 0 Å². The SMILES string of the molecule is CCCC(=O)NCCN(C(C)=O)C1CCS(=O)(=O)C1. The lowest BCUT2D eigenvalue weighted by molar-refractivity contribution is -0.131. The molecule has 1 N–H and O–H groups in total. The number of carbonyl (C=O) groups is 2. The quantitative estimate of drug-likeness (QED) is 0.743. The number of rotatable bonds is 6. The maximum absolute atomic E-state index is 11.6. The summed E-state index contributed by atoms with van der Waals surface area (Å²) in [5.74, 6) is -0.00375. The first-order valence-corrected chi connectivity index (χ1v) is 8.42. The molecule has 0 aromatic heterocycles. The van der Waals surface area contributed by atoms with Crippen molar-refractivity contribution in [2.24, 2.45) is 0 Å². The largest absolute Gasteiger partial charge is 0.354 e. The average Bonchev–Trinajstić information content (AvgIpc) is 2.64. The number of amides is 2. The first-order valence-electron chi connectivity index (χ1n) is 6.60. The van der Waals surface area contributed by atoms with Crippen LogP contribution in [0.15, 0.2) is 0 Å². The minimum Gasteiger partial charge on any atom is -0.354 e. The maximum Gasteiger partial charge on any atom is 0.220 e. The fraction of sp³-hybridized carbons (Fsp3) is 0.833. The van der Waals surface area contributed by atoms with Gasteiger partial charge < -0.3 is 10.2 Å². The summed E-state index contributed by atoms with van der Waals surface area (Å²) in [6.07, 6.45) is 1.74. The third-order valence-electron chi connectivity index (χ3n) is 3.21. The second-order valence-electron chi connectivity index (χ2n) is 4.87. The maximum atomic E-state index is 11.6. The van der Waals surface area contributed by atoms with Gasteiger partial charge in [-0.05, 0) is 12.8 Å². The molecule has 0 spiro atoms. The lowest BCUT2D eigenvalue weighted by atomic mass is 10.2. The molecule has 1 rings (SSSR count). The van der Waals surface area contributed by atoms with Crippen molar-refractivity contribution in [2.75, 3.05) is 24.6 Å². The molecule has 0 aliphatic carbocycles. The molecule has 1 heterocycles. The third-order valence-corrected chi connectivity index (χ3v) is 4.96. The van der Waals surface area contributed by atoms with Gasteiger partial charge in [0, 0.05) is 32.5 Å². The van der Waals surface area contributed by atoms with Crippen LogP contribution in [0.1, 0.15) is 33.1 Å². The highest BCUT2D eigenvalue weighted by atomic mass is 32.2. The Hall–Kier alpha value is -1.11. The van der Waals surface area contributed by atoms with Crippen molar-refractivity contribution in [2.45, 2.75) is 39.2 Å². The number of hydrogen-bond donors (Lipinski definition) is 1. The second-order valence-corrected chi connectivity index (χ2v) is 7.10. The van der Waals surface area contributed by atoms with Crippen LogP contribution in [0.5, 0.6) is 0 Å². The summed E-state index contributed by atoms with van der Waals surface area (Å²) in [7, 11) is -3.01. The smallest absolute Gasteiger partial charge is 0.220 e. The molecule has 0 saturated carbocycles. The molecule has 0 bridgehead atoms.